The van der Waals surface area contributed by atoms with Crippen molar-refractivity contribution in [3.05, 3.63) is 64.4 Å². The Bertz CT molecular complexity index is 617. The smallest absolute Gasteiger partial charge is 0.127 e. The lowest BCUT2D eigenvalue weighted by atomic mass is 10.0. The zero-order chi connectivity index (χ0) is 13.9. The van der Waals surface area contributed by atoms with Gasteiger partial charge in [0.05, 0.1) is 0 Å². The molecule has 1 N–H and O–H groups in total. The van der Waals surface area contributed by atoms with Crippen molar-refractivity contribution in [3.63, 3.8) is 0 Å². The third-order valence-corrected chi connectivity index (χ3v) is 4.86. The lowest BCUT2D eigenvalue weighted by molar-refractivity contribution is 0.497. The van der Waals surface area contributed by atoms with Crippen molar-refractivity contribution in [2.75, 3.05) is 5.75 Å². The van der Waals surface area contributed by atoms with Gasteiger partial charge in [-0.05, 0) is 42.0 Å². The van der Waals surface area contributed by atoms with Gasteiger partial charge in [0, 0.05) is 28.1 Å². The maximum absolute atomic E-state index is 13.7. The molecule has 3 rings (SSSR count). The number of nitrogens with one attached hydrogen (secondary N) is 1. The van der Waals surface area contributed by atoms with E-state index in [2.05, 4.69) is 29.6 Å². The van der Waals surface area contributed by atoms with Gasteiger partial charge in [0.25, 0.3) is 0 Å². The Morgan fingerprint density at radius 2 is 2.10 bits per heavy atom. The summed E-state index contributed by atoms with van der Waals surface area (Å²) in [5.74, 6) is 0.882. The fraction of sp³-hybridized carbons (Fsp3) is 0.250. The van der Waals surface area contributed by atoms with Crippen LogP contribution in [0.25, 0.3) is 0 Å². The molecule has 0 radical (unpaired) electrons. The molecule has 1 nitrogen and oxygen atoms in total. The third-order valence-electron chi connectivity index (χ3n) is 3.51. The summed E-state index contributed by atoms with van der Waals surface area (Å²) in [6.07, 6.45) is 1.06. The Hall–Kier alpha value is -1.03. The molecule has 0 saturated heterocycles. The summed E-state index contributed by atoms with van der Waals surface area (Å²) in [6, 6.07) is 13.4. The molecule has 2 aromatic rings. The Labute approximate surface area is 127 Å². The van der Waals surface area contributed by atoms with E-state index in [-0.39, 0.29) is 11.9 Å². The number of thioether (sulfide) groups is 1. The van der Waals surface area contributed by atoms with Gasteiger partial charge in [0.15, 0.2) is 0 Å². The SMILES string of the molecule is Fc1ccc(Cl)cc1CNC1CCSc2ccccc21. The highest BCUT2D eigenvalue weighted by atomic mass is 35.5. The van der Waals surface area contributed by atoms with E-state index in [1.165, 1.54) is 16.5 Å². The van der Waals surface area contributed by atoms with Crippen LogP contribution in [0, 0.1) is 5.82 Å². The molecular weight excluding hydrogens is 293 g/mol. The van der Waals surface area contributed by atoms with Crippen LogP contribution >= 0.6 is 23.4 Å². The van der Waals surface area contributed by atoms with Crippen LogP contribution < -0.4 is 5.32 Å². The minimum absolute atomic E-state index is 0.208. The average Bonchev–Trinajstić information content (AvgIpc) is 2.48. The molecule has 1 aliphatic heterocycles. The van der Waals surface area contributed by atoms with Gasteiger partial charge in [0.1, 0.15) is 5.82 Å². The highest BCUT2D eigenvalue weighted by Gasteiger charge is 2.19. The molecule has 1 aliphatic rings. The van der Waals surface area contributed by atoms with Crippen LogP contribution in [0.4, 0.5) is 4.39 Å². The average molecular weight is 308 g/mol. The van der Waals surface area contributed by atoms with E-state index in [1.807, 2.05) is 11.8 Å². The van der Waals surface area contributed by atoms with Crippen LogP contribution in [-0.4, -0.2) is 5.75 Å². The maximum Gasteiger partial charge on any atom is 0.127 e. The number of hydrogen-bond donors (Lipinski definition) is 1. The Balaban J connectivity index is 1.75. The molecule has 0 spiro atoms. The van der Waals surface area contributed by atoms with Gasteiger partial charge < -0.3 is 5.32 Å². The standard InChI is InChI=1S/C16H15ClFNS/c17-12-5-6-14(18)11(9-12)10-19-15-7-8-20-16-4-2-1-3-13(15)16/h1-6,9,15,19H,7-8,10H2. The van der Waals surface area contributed by atoms with Gasteiger partial charge in [-0.3, -0.25) is 0 Å². The van der Waals surface area contributed by atoms with E-state index in [0.29, 0.717) is 17.1 Å². The zero-order valence-electron chi connectivity index (χ0n) is 10.9. The summed E-state index contributed by atoms with van der Waals surface area (Å²) in [5, 5.41) is 4.02. The predicted molar refractivity (Wildman–Crippen MR) is 82.8 cm³/mol. The molecule has 0 bridgehead atoms. The first kappa shape index (κ1) is 13.9. The first-order chi connectivity index (χ1) is 9.74. The van der Waals surface area contributed by atoms with Gasteiger partial charge in [-0.15, -0.1) is 11.8 Å². The summed E-state index contributed by atoms with van der Waals surface area (Å²) in [5.41, 5.74) is 1.93. The van der Waals surface area contributed by atoms with Gasteiger partial charge in [-0.1, -0.05) is 29.8 Å². The molecule has 0 aliphatic carbocycles. The van der Waals surface area contributed by atoms with E-state index >= 15 is 0 Å². The molecule has 0 fully saturated rings. The fourth-order valence-corrected chi connectivity index (χ4v) is 3.79. The second-order valence-corrected chi connectivity index (χ2v) is 6.42. The predicted octanol–water partition coefficient (Wildman–Crippen LogP) is 4.81. The van der Waals surface area contributed by atoms with E-state index in [0.717, 1.165) is 12.2 Å². The Kier molecular flexibility index (Phi) is 4.29. The molecule has 4 heteroatoms. The van der Waals surface area contributed by atoms with Crippen LogP contribution in [0.3, 0.4) is 0 Å². The number of fused-ring (bicyclic) bond motifs is 1. The molecule has 1 heterocycles. The molecule has 1 unspecified atom stereocenters. The van der Waals surface area contributed by atoms with Crippen molar-refractivity contribution in [3.8, 4) is 0 Å². The van der Waals surface area contributed by atoms with E-state index in [1.54, 1.807) is 12.1 Å². The van der Waals surface area contributed by atoms with Crippen molar-refractivity contribution in [2.24, 2.45) is 0 Å². The van der Waals surface area contributed by atoms with Crippen molar-refractivity contribution in [1.29, 1.82) is 0 Å². The first-order valence-corrected chi connectivity index (χ1v) is 7.99. The van der Waals surface area contributed by atoms with Gasteiger partial charge in [-0.25, -0.2) is 4.39 Å². The molecule has 104 valence electrons. The molecule has 0 aromatic heterocycles. The molecule has 1 atom stereocenters. The van der Waals surface area contributed by atoms with E-state index in [4.69, 9.17) is 11.6 Å². The minimum atomic E-state index is -0.208. The van der Waals surface area contributed by atoms with Crippen molar-refractivity contribution < 1.29 is 4.39 Å². The van der Waals surface area contributed by atoms with Crippen LogP contribution in [0.1, 0.15) is 23.6 Å². The zero-order valence-corrected chi connectivity index (χ0v) is 12.5. The normalized spacial score (nSPS) is 17.8. The molecule has 0 saturated carbocycles. The van der Waals surface area contributed by atoms with Crippen molar-refractivity contribution in [2.45, 2.75) is 23.9 Å². The highest BCUT2D eigenvalue weighted by Crippen LogP contribution is 2.36. The minimum Gasteiger partial charge on any atom is -0.306 e. The van der Waals surface area contributed by atoms with Crippen LogP contribution in [-0.2, 0) is 6.54 Å². The maximum atomic E-state index is 13.7. The van der Waals surface area contributed by atoms with Crippen LogP contribution in [0.15, 0.2) is 47.4 Å². The van der Waals surface area contributed by atoms with Crippen LogP contribution in [0.5, 0.6) is 0 Å². The molecular formula is C16H15ClFNS. The van der Waals surface area contributed by atoms with Gasteiger partial charge >= 0.3 is 0 Å². The van der Waals surface area contributed by atoms with Crippen LogP contribution in [0.2, 0.25) is 5.02 Å². The summed E-state index contributed by atoms with van der Waals surface area (Å²) in [6.45, 7) is 0.496. The largest absolute Gasteiger partial charge is 0.306 e. The first-order valence-electron chi connectivity index (χ1n) is 6.63. The monoisotopic (exact) mass is 307 g/mol. The summed E-state index contributed by atoms with van der Waals surface area (Å²) < 4.78 is 13.7. The van der Waals surface area contributed by atoms with Gasteiger partial charge in [0.2, 0.25) is 0 Å². The van der Waals surface area contributed by atoms with E-state index in [9.17, 15) is 4.39 Å². The summed E-state index contributed by atoms with van der Waals surface area (Å²) in [4.78, 5) is 1.32. The Morgan fingerprint density at radius 3 is 3.00 bits per heavy atom. The lowest BCUT2D eigenvalue weighted by Crippen LogP contribution is -2.24. The summed E-state index contributed by atoms with van der Waals surface area (Å²) >= 11 is 7.81. The topological polar surface area (TPSA) is 12.0 Å². The third kappa shape index (κ3) is 3.00. The van der Waals surface area contributed by atoms with Crippen molar-refractivity contribution in [1.82, 2.24) is 5.32 Å². The molecule has 0 amide bonds. The second kappa shape index (κ2) is 6.17. The number of hydrogen-bond acceptors (Lipinski definition) is 2. The Morgan fingerprint density at radius 1 is 1.25 bits per heavy atom. The summed E-state index contributed by atoms with van der Waals surface area (Å²) in [7, 11) is 0. The lowest BCUT2D eigenvalue weighted by Gasteiger charge is -2.26. The van der Waals surface area contributed by atoms with Crippen molar-refractivity contribution >= 4 is 23.4 Å². The fourth-order valence-electron chi connectivity index (χ4n) is 2.47. The number of rotatable bonds is 3. The second-order valence-electron chi connectivity index (χ2n) is 4.84. The molecule has 2 aromatic carbocycles. The highest BCUT2D eigenvalue weighted by molar-refractivity contribution is 7.99. The molecule has 20 heavy (non-hydrogen) atoms. The van der Waals surface area contributed by atoms with E-state index < -0.39 is 0 Å². The van der Waals surface area contributed by atoms with Gasteiger partial charge in [-0.2, -0.15) is 0 Å². The number of halogens is 2. The number of benzene rings is 2. The quantitative estimate of drug-likeness (QED) is 0.873.